The van der Waals surface area contributed by atoms with Crippen molar-refractivity contribution >= 4 is 69.8 Å². The van der Waals surface area contributed by atoms with E-state index < -0.39 is 40.9 Å². The van der Waals surface area contributed by atoms with Gasteiger partial charge >= 0.3 is 12.1 Å². The van der Waals surface area contributed by atoms with Gasteiger partial charge in [0.25, 0.3) is 11.8 Å². The number of nitrogens with one attached hydrogen (secondary N) is 2. The van der Waals surface area contributed by atoms with E-state index in [9.17, 15) is 24.3 Å². The number of oxime groups is 1. The molecule has 2 aliphatic rings. The summed E-state index contributed by atoms with van der Waals surface area (Å²) in [5.41, 5.74) is 5.00. The molecule has 2 aromatic heterocycles. The number of nitrogens with zero attached hydrogens (tertiary/aromatic N) is 8. The number of hydrogen-bond donors (Lipinski definition) is 4. The number of tetrazole rings is 1. The van der Waals surface area contributed by atoms with Crippen molar-refractivity contribution < 1.29 is 33.9 Å². The molecular formula is C24H29N11O7S3. The van der Waals surface area contributed by atoms with Gasteiger partial charge in [0.15, 0.2) is 11.7 Å². The molecule has 5 N–H and O–H groups in total. The number of fused-ring (bicyclic) bond motifs is 1. The van der Waals surface area contributed by atoms with Gasteiger partial charge in [-0.2, -0.15) is 9.36 Å². The van der Waals surface area contributed by atoms with Crippen molar-refractivity contribution in [3.05, 3.63) is 17.1 Å². The Morgan fingerprint density at radius 2 is 2.11 bits per heavy atom. The molecule has 0 aliphatic carbocycles. The van der Waals surface area contributed by atoms with Gasteiger partial charge in [0.05, 0.1) is 0 Å². The van der Waals surface area contributed by atoms with Crippen LogP contribution in [0.5, 0.6) is 0 Å². The molecule has 2 atom stereocenters. The van der Waals surface area contributed by atoms with Gasteiger partial charge in [-0.25, -0.2) is 14.3 Å². The number of terminal acetylenes is 1. The number of nitrogens with two attached hydrogens (primary N) is 1. The molecule has 0 aromatic carbocycles. The van der Waals surface area contributed by atoms with E-state index in [1.54, 1.807) is 25.5 Å². The lowest BCUT2D eigenvalue weighted by Crippen LogP contribution is -2.71. The summed E-state index contributed by atoms with van der Waals surface area (Å²) in [5.74, 6) is -0.157. The van der Waals surface area contributed by atoms with E-state index in [-0.39, 0.29) is 40.5 Å². The topological polar surface area (TPSA) is 242 Å². The van der Waals surface area contributed by atoms with Gasteiger partial charge in [0, 0.05) is 36.1 Å². The van der Waals surface area contributed by atoms with Gasteiger partial charge in [0.1, 0.15) is 22.7 Å². The van der Waals surface area contributed by atoms with Crippen LogP contribution in [-0.4, -0.2) is 111 Å². The average molecular weight is 680 g/mol. The van der Waals surface area contributed by atoms with Crippen LogP contribution in [0.3, 0.4) is 0 Å². The predicted molar refractivity (Wildman–Crippen MR) is 163 cm³/mol. The number of anilines is 1. The van der Waals surface area contributed by atoms with Gasteiger partial charge in [-0.05, 0) is 43.2 Å². The van der Waals surface area contributed by atoms with Crippen molar-refractivity contribution in [2.24, 2.45) is 5.16 Å². The highest BCUT2D eigenvalue weighted by Crippen LogP contribution is 2.41. The Morgan fingerprint density at radius 1 is 1.33 bits per heavy atom. The number of thioether (sulfide) groups is 2. The molecule has 3 amide bonds. The summed E-state index contributed by atoms with van der Waals surface area (Å²) in [5, 5.41) is 30.5. The number of rotatable bonds is 13. The second kappa shape index (κ2) is 14.6. The van der Waals surface area contributed by atoms with Crippen LogP contribution in [0.15, 0.2) is 21.6 Å². The monoisotopic (exact) mass is 679 g/mol. The van der Waals surface area contributed by atoms with Crippen molar-refractivity contribution in [1.29, 1.82) is 0 Å². The maximum absolute atomic E-state index is 13.1. The molecule has 0 spiro atoms. The molecule has 0 saturated carbocycles. The number of ether oxygens (including phenoxy) is 1. The molecule has 4 heterocycles. The van der Waals surface area contributed by atoms with Crippen LogP contribution in [0.25, 0.3) is 0 Å². The van der Waals surface area contributed by atoms with Crippen LogP contribution < -0.4 is 16.4 Å². The predicted octanol–water partition coefficient (Wildman–Crippen LogP) is -0.0936. The Bertz CT molecular complexity index is 1560. The summed E-state index contributed by atoms with van der Waals surface area (Å²) < 4.78 is 10.7. The Labute approximate surface area is 269 Å². The third kappa shape index (κ3) is 8.40. The standard InChI is InChI=1S/C24H29N11O7S3/c1-5-9-41-30-13(16-28-21(25)45-31-16)17(36)27-14-18(37)35-15(20(38)39)12(10-43-19(14)35)11-44-22-29-32-33-34(22)8-6-7-26-23(40)42-24(2,3)4/h1,14,19H,6-11H2,2-4H3,(H,26,40)(H,27,36)(H,38,39)(H2,25,28,31)/b30-13+/t14?,19-/m1/s1. The van der Waals surface area contributed by atoms with Gasteiger partial charge < -0.3 is 31.0 Å². The first-order valence-corrected chi connectivity index (χ1v) is 16.0. The Hall–Kier alpha value is -4.42. The summed E-state index contributed by atoms with van der Waals surface area (Å²) in [6, 6.07) is -1.04. The fourth-order valence-electron chi connectivity index (χ4n) is 3.98. The number of nitrogen functional groups attached to an aromatic ring is 1. The van der Waals surface area contributed by atoms with Crippen LogP contribution in [0, 0.1) is 12.3 Å². The Balaban J connectivity index is 1.37. The summed E-state index contributed by atoms with van der Waals surface area (Å²) >= 11 is 3.34. The number of β-lactam (4-membered cyclic amide) rings is 1. The summed E-state index contributed by atoms with van der Waals surface area (Å²) in [6.45, 7) is 5.81. The minimum absolute atomic E-state index is 0.0852. The number of carboxylic acids is 1. The van der Waals surface area contributed by atoms with E-state index in [0.29, 0.717) is 30.2 Å². The van der Waals surface area contributed by atoms with Crippen LogP contribution >= 0.6 is 35.1 Å². The lowest BCUT2D eigenvalue weighted by molar-refractivity contribution is -0.150. The van der Waals surface area contributed by atoms with E-state index in [4.69, 9.17) is 21.7 Å². The lowest BCUT2D eigenvalue weighted by atomic mass is 10.0. The molecule has 4 rings (SSSR count). The SMILES string of the molecule is C#CCO/N=C(/C(=O)NC1C(=O)N2C(C(=O)O)=C(CSc3nnnn3CCCNC(=O)OC(C)(C)C)CS[C@H]12)c1nsc(N)n1. The minimum atomic E-state index is -1.28. The van der Waals surface area contributed by atoms with Gasteiger partial charge in [-0.3, -0.25) is 14.5 Å². The van der Waals surface area contributed by atoms with E-state index in [2.05, 4.69) is 46.6 Å². The maximum Gasteiger partial charge on any atom is 0.407 e. The van der Waals surface area contributed by atoms with Crippen LogP contribution in [-0.2, 0) is 30.5 Å². The molecule has 240 valence electrons. The number of aryl methyl sites for hydroxylation is 1. The molecule has 1 fully saturated rings. The minimum Gasteiger partial charge on any atom is -0.477 e. The molecule has 21 heteroatoms. The van der Waals surface area contributed by atoms with Crippen molar-refractivity contribution in [3.63, 3.8) is 0 Å². The van der Waals surface area contributed by atoms with E-state index >= 15 is 0 Å². The van der Waals surface area contributed by atoms with Gasteiger partial charge in [0.2, 0.25) is 16.7 Å². The summed E-state index contributed by atoms with van der Waals surface area (Å²) in [7, 11) is 0. The first kappa shape index (κ1) is 33.5. The first-order valence-electron chi connectivity index (χ1n) is 13.2. The smallest absolute Gasteiger partial charge is 0.407 e. The van der Waals surface area contributed by atoms with Crippen LogP contribution in [0.4, 0.5) is 9.93 Å². The lowest BCUT2D eigenvalue weighted by Gasteiger charge is -2.49. The van der Waals surface area contributed by atoms with Gasteiger partial charge in [-0.15, -0.1) is 23.3 Å². The van der Waals surface area contributed by atoms with Gasteiger partial charge in [-0.1, -0.05) is 22.8 Å². The Kier molecular flexibility index (Phi) is 10.8. The fourth-order valence-corrected chi connectivity index (χ4v) is 6.80. The third-order valence-corrected chi connectivity index (χ3v) is 8.72. The van der Waals surface area contributed by atoms with Crippen molar-refractivity contribution in [2.45, 2.75) is 55.9 Å². The average Bonchev–Trinajstić information content (AvgIpc) is 3.61. The van der Waals surface area contributed by atoms with Crippen LogP contribution in [0.2, 0.25) is 0 Å². The Morgan fingerprint density at radius 3 is 2.78 bits per heavy atom. The fraction of sp³-hybridized carbons (Fsp3) is 0.500. The zero-order valence-electron chi connectivity index (χ0n) is 24.3. The molecule has 0 radical (unpaired) electrons. The van der Waals surface area contributed by atoms with Crippen molar-refractivity contribution in [3.8, 4) is 12.3 Å². The largest absolute Gasteiger partial charge is 0.477 e. The highest BCUT2D eigenvalue weighted by atomic mass is 32.2. The quantitative estimate of drug-likeness (QED) is 0.0540. The highest BCUT2D eigenvalue weighted by Gasteiger charge is 2.54. The number of carbonyl (C=O) groups excluding carboxylic acids is 3. The number of hydrogen-bond acceptors (Lipinski definition) is 16. The second-order valence-electron chi connectivity index (χ2n) is 10.2. The highest BCUT2D eigenvalue weighted by molar-refractivity contribution is 8.01. The molecule has 0 bridgehead atoms. The first-order chi connectivity index (χ1) is 21.4. The van der Waals surface area contributed by atoms with Crippen LogP contribution in [0.1, 0.15) is 33.0 Å². The molecule has 1 unspecified atom stereocenters. The van der Waals surface area contributed by atoms with E-state index in [0.717, 1.165) is 16.4 Å². The number of carboxylic acid groups (broad SMARTS) is 1. The molecule has 2 aromatic rings. The number of carbonyl (C=O) groups is 4. The molecule has 1 saturated heterocycles. The maximum atomic E-state index is 13.1. The summed E-state index contributed by atoms with van der Waals surface area (Å²) in [6.07, 6.45) is 5.15. The molecular weight excluding hydrogens is 651 g/mol. The van der Waals surface area contributed by atoms with Crippen molar-refractivity contribution in [1.82, 2.24) is 45.1 Å². The number of aliphatic carboxylic acids is 1. The van der Waals surface area contributed by atoms with E-state index in [1.807, 2.05) is 0 Å². The third-order valence-electron chi connectivity index (χ3n) is 5.80. The molecule has 18 nitrogen and oxygen atoms in total. The zero-order chi connectivity index (χ0) is 32.7. The second-order valence-corrected chi connectivity index (χ2v) is 13.1. The normalized spacial score (nSPS) is 18.0. The van der Waals surface area contributed by atoms with E-state index in [1.165, 1.54) is 23.5 Å². The zero-order valence-corrected chi connectivity index (χ0v) is 26.7. The summed E-state index contributed by atoms with van der Waals surface area (Å²) in [4.78, 5) is 60.3. The number of aromatic nitrogens is 6. The number of alkyl carbamates (subject to hydrolysis) is 1. The molecule has 2 aliphatic heterocycles. The van der Waals surface area contributed by atoms with Crippen molar-refractivity contribution in [2.75, 3.05) is 30.4 Å². The molecule has 45 heavy (non-hydrogen) atoms. The number of amides is 3.